The van der Waals surface area contributed by atoms with Crippen LogP contribution in [0.25, 0.3) is 10.9 Å². The molecule has 1 amide bonds. The highest BCUT2D eigenvalue weighted by molar-refractivity contribution is 6.01. The van der Waals surface area contributed by atoms with Gasteiger partial charge in [0.05, 0.1) is 16.6 Å². The molecule has 1 saturated carbocycles. The highest BCUT2D eigenvalue weighted by Gasteiger charge is 2.33. The second-order valence-electron chi connectivity index (χ2n) is 5.76. The van der Waals surface area contributed by atoms with E-state index in [1.165, 1.54) is 0 Å². The first-order valence-corrected chi connectivity index (χ1v) is 7.31. The van der Waals surface area contributed by atoms with Crippen LogP contribution in [0.5, 0.6) is 0 Å². The van der Waals surface area contributed by atoms with Crippen molar-refractivity contribution in [3.8, 4) is 0 Å². The van der Waals surface area contributed by atoms with Gasteiger partial charge in [0.2, 0.25) is 0 Å². The van der Waals surface area contributed by atoms with E-state index in [1.807, 2.05) is 24.3 Å². The summed E-state index contributed by atoms with van der Waals surface area (Å²) in [6.45, 7) is 0.527. The molecule has 0 atom stereocenters. The van der Waals surface area contributed by atoms with Crippen molar-refractivity contribution in [3.05, 3.63) is 35.9 Å². The summed E-state index contributed by atoms with van der Waals surface area (Å²) < 4.78 is 0. The van der Waals surface area contributed by atoms with Gasteiger partial charge in [-0.05, 0) is 25.0 Å². The van der Waals surface area contributed by atoms with E-state index in [2.05, 4.69) is 10.3 Å². The van der Waals surface area contributed by atoms with E-state index in [4.69, 9.17) is 11.5 Å². The number of hydrogen-bond donors (Lipinski definition) is 3. The second-order valence-corrected chi connectivity index (χ2v) is 5.76. The van der Waals surface area contributed by atoms with Crippen molar-refractivity contribution < 1.29 is 4.79 Å². The van der Waals surface area contributed by atoms with Crippen LogP contribution < -0.4 is 16.8 Å². The lowest BCUT2D eigenvalue weighted by Crippen LogP contribution is -2.43. The number of rotatable bonds is 4. The number of benzene rings is 1. The SMILES string of the molecule is NCC1(Nc2nc3ccccc3cc2C(N)=O)CCCC1. The van der Waals surface area contributed by atoms with Crippen molar-refractivity contribution in [2.75, 3.05) is 11.9 Å². The predicted octanol–water partition coefficient (Wildman–Crippen LogP) is 2.02. The van der Waals surface area contributed by atoms with Gasteiger partial charge in [0, 0.05) is 11.9 Å². The first-order valence-electron chi connectivity index (χ1n) is 7.31. The lowest BCUT2D eigenvalue weighted by Gasteiger charge is -2.30. The molecule has 1 aromatic carbocycles. The third-order valence-corrected chi connectivity index (χ3v) is 4.32. The normalized spacial score (nSPS) is 17.0. The molecule has 0 unspecified atom stereocenters. The molecule has 0 radical (unpaired) electrons. The van der Waals surface area contributed by atoms with Gasteiger partial charge in [-0.3, -0.25) is 4.79 Å². The van der Waals surface area contributed by atoms with Crippen molar-refractivity contribution in [1.82, 2.24) is 4.98 Å². The van der Waals surface area contributed by atoms with E-state index in [0.717, 1.165) is 36.6 Å². The zero-order valence-electron chi connectivity index (χ0n) is 11.9. The van der Waals surface area contributed by atoms with Gasteiger partial charge >= 0.3 is 0 Å². The first kappa shape index (κ1) is 13.8. The molecule has 5 heteroatoms. The summed E-state index contributed by atoms with van der Waals surface area (Å²) in [5, 5.41) is 4.32. The van der Waals surface area contributed by atoms with Gasteiger partial charge < -0.3 is 16.8 Å². The van der Waals surface area contributed by atoms with Crippen LogP contribution in [-0.4, -0.2) is 23.0 Å². The zero-order valence-corrected chi connectivity index (χ0v) is 11.9. The molecule has 110 valence electrons. The Morgan fingerprint density at radius 2 is 2.00 bits per heavy atom. The summed E-state index contributed by atoms with van der Waals surface area (Å²) >= 11 is 0. The Hall–Kier alpha value is -2.14. The fraction of sp³-hybridized carbons (Fsp3) is 0.375. The topological polar surface area (TPSA) is 94.0 Å². The van der Waals surface area contributed by atoms with Crippen LogP contribution >= 0.6 is 0 Å². The number of carbonyl (C=O) groups excluding carboxylic acids is 1. The Balaban J connectivity index is 2.07. The van der Waals surface area contributed by atoms with Crippen molar-refractivity contribution in [1.29, 1.82) is 0 Å². The van der Waals surface area contributed by atoms with Crippen LogP contribution in [0.3, 0.4) is 0 Å². The van der Waals surface area contributed by atoms with E-state index < -0.39 is 5.91 Å². The minimum atomic E-state index is -0.471. The van der Waals surface area contributed by atoms with Gasteiger partial charge in [-0.15, -0.1) is 0 Å². The summed E-state index contributed by atoms with van der Waals surface area (Å²) in [7, 11) is 0. The van der Waals surface area contributed by atoms with Crippen LogP contribution in [0, 0.1) is 0 Å². The van der Waals surface area contributed by atoms with Crippen LogP contribution in [0.1, 0.15) is 36.0 Å². The Kier molecular flexibility index (Phi) is 3.51. The number of nitrogens with zero attached hydrogens (tertiary/aromatic N) is 1. The molecule has 3 rings (SSSR count). The summed E-state index contributed by atoms with van der Waals surface area (Å²) in [6, 6.07) is 9.49. The number of hydrogen-bond acceptors (Lipinski definition) is 4. The zero-order chi connectivity index (χ0) is 14.9. The molecule has 1 aliphatic rings. The standard InChI is InChI=1S/C16H20N4O/c17-10-16(7-3-4-8-16)20-15-12(14(18)21)9-11-5-1-2-6-13(11)19-15/h1-2,5-6,9H,3-4,7-8,10,17H2,(H2,18,21)(H,19,20). The summed E-state index contributed by atoms with van der Waals surface area (Å²) in [4.78, 5) is 16.3. The number of carbonyl (C=O) groups is 1. The van der Waals surface area contributed by atoms with E-state index in [9.17, 15) is 4.79 Å². The van der Waals surface area contributed by atoms with Gasteiger partial charge in [-0.2, -0.15) is 0 Å². The number of nitrogens with two attached hydrogens (primary N) is 2. The monoisotopic (exact) mass is 284 g/mol. The van der Waals surface area contributed by atoms with Crippen LogP contribution in [0.15, 0.2) is 30.3 Å². The van der Waals surface area contributed by atoms with E-state index in [-0.39, 0.29) is 5.54 Å². The quantitative estimate of drug-likeness (QED) is 0.800. The van der Waals surface area contributed by atoms with Crippen LogP contribution in [-0.2, 0) is 0 Å². The molecule has 5 nitrogen and oxygen atoms in total. The molecule has 1 fully saturated rings. The summed E-state index contributed by atoms with van der Waals surface area (Å²) in [5.41, 5.74) is 12.6. The smallest absolute Gasteiger partial charge is 0.252 e. The molecular weight excluding hydrogens is 264 g/mol. The molecule has 1 heterocycles. The number of fused-ring (bicyclic) bond motifs is 1. The molecule has 1 aliphatic carbocycles. The molecule has 1 aromatic heterocycles. The van der Waals surface area contributed by atoms with Gasteiger partial charge in [-0.25, -0.2) is 4.98 Å². The number of primary amides is 1. The number of nitrogens with one attached hydrogen (secondary N) is 1. The van der Waals surface area contributed by atoms with Crippen LogP contribution in [0.2, 0.25) is 0 Å². The van der Waals surface area contributed by atoms with Crippen molar-refractivity contribution in [3.63, 3.8) is 0 Å². The van der Waals surface area contributed by atoms with Crippen molar-refractivity contribution in [2.45, 2.75) is 31.2 Å². The Labute approximate surface area is 123 Å². The van der Waals surface area contributed by atoms with Crippen molar-refractivity contribution in [2.24, 2.45) is 11.5 Å². The number of aromatic nitrogens is 1. The Morgan fingerprint density at radius 1 is 1.29 bits per heavy atom. The fourth-order valence-corrected chi connectivity index (χ4v) is 3.08. The number of amides is 1. The van der Waals surface area contributed by atoms with Gasteiger partial charge in [0.25, 0.3) is 5.91 Å². The fourth-order valence-electron chi connectivity index (χ4n) is 3.08. The predicted molar refractivity (Wildman–Crippen MR) is 84.1 cm³/mol. The highest BCUT2D eigenvalue weighted by atomic mass is 16.1. The Morgan fingerprint density at radius 3 is 2.67 bits per heavy atom. The Bertz CT molecular complexity index is 677. The first-order chi connectivity index (χ1) is 10.1. The van der Waals surface area contributed by atoms with E-state index >= 15 is 0 Å². The molecule has 0 aliphatic heterocycles. The maximum Gasteiger partial charge on any atom is 0.252 e. The third kappa shape index (κ3) is 2.56. The number of para-hydroxylation sites is 1. The van der Waals surface area contributed by atoms with Gasteiger partial charge in [0.1, 0.15) is 5.82 Å². The van der Waals surface area contributed by atoms with E-state index in [0.29, 0.717) is 17.9 Å². The van der Waals surface area contributed by atoms with E-state index in [1.54, 1.807) is 6.07 Å². The molecule has 0 saturated heterocycles. The molecular formula is C16H20N4O. The molecule has 2 aromatic rings. The number of anilines is 1. The maximum absolute atomic E-state index is 11.7. The van der Waals surface area contributed by atoms with Gasteiger partial charge in [-0.1, -0.05) is 31.0 Å². The second kappa shape index (κ2) is 5.33. The third-order valence-electron chi connectivity index (χ3n) is 4.32. The molecule has 0 bridgehead atoms. The molecule has 5 N–H and O–H groups in total. The summed E-state index contributed by atoms with van der Waals surface area (Å²) in [5.74, 6) is 0.0782. The minimum absolute atomic E-state index is 0.167. The highest BCUT2D eigenvalue weighted by Crippen LogP contribution is 2.33. The average Bonchev–Trinajstić information content (AvgIpc) is 2.95. The lowest BCUT2D eigenvalue weighted by atomic mass is 9.97. The number of pyridine rings is 1. The largest absolute Gasteiger partial charge is 0.365 e. The minimum Gasteiger partial charge on any atom is -0.365 e. The summed E-state index contributed by atoms with van der Waals surface area (Å²) in [6.07, 6.45) is 4.28. The van der Waals surface area contributed by atoms with Gasteiger partial charge in [0.15, 0.2) is 0 Å². The van der Waals surface area contributed by atoms with Crippen molar-refractivity contribution >= 4 is 22.6 Å². The lowest BCUT2D eigenvalue weighted by molar-refractivity contribution is 0.100. The maximum atomic E-state index is 11.7. The molecule has 0 spiro atoms. The van der Waals surface area contributed by atoms with Crippen LogP contribution in [0.4, 0.5) is 5.82 Å². The average molecular weight is 284 g/mol. The molecule has 21 heavy (non-hydrogen) atoms.